The maximum Gasteiger partial charge on any atom is 0.410 e. The molecule has 0 radical (unpaired) electrons. The number of aromatic nitrogens is 1. The Bertz CT molecular complexity index is 525. The summed E-state index contributed by atoms with van der Waals surface area (Å²) in [6, 6.07) is 0.116. The van der Waals surface area contributed by atoms with Crippen LogP contribution in [0.4, 0.5) is 4.79 Å². The van der Waals surface area contributed by atoms with Crippen LogP contribution in [-0.2, 0) is 4.74 Å². The van der Waals surface area contributed by atoms with Gasteiger partial charge in [0.2, 0.25) is 5.78 Å². The van der Waals surface area contributed by atoms with E-state index in [4.69, 9.17) is 4.74 Å². The monoisotopic (exact) mass is 325 g/mol. The highest BCUT2D eigenvalue weighted by atomic mass is 32.1. The lowest BCUT2D eigenvalue weighted by atomic mass is 10.1. The first-order valence-corrected chi connectivity index (χ1v) is 8.29. The Kier molecular flexibility index (Phi) is 5.18. The zero-order valence-electron chi connectivity index (χ0n) is 13.5. The third-order valence-electron chi connectivity index (χ3n) is 3.43. The van der Waals surface area contributed by atoms with E-state index in [1.807, 2.05) is 27.7 Å². The van der Waals surface area contributed by atoms with Gasteiger partial charge in [0.05, 0.1) is 6.54 Å². The summed E-state index contributed by atoms with van der Waals surface area (Å²) in [5.41, 5.74) is -0.488. The molecule has 1 unspecified atom stereocenters. The molecule has 1 aromatic rings. The zero-order valence-corrected chi connectivity index (χ0v) is 14.4. The normalized spacial score (nSPS) is 20.0. The van der Waals surface area contributed by atoms with Crippen LogP contribution in [0.3, 0.4) is 0 Å². The van der Waals surface area contributed by atoms with Gasteiger partial charge in [-0.2, -0.15) is 0 Å². The quantitative estimate of drug-likeness (QED) is 0.798. The van der Waals surface area contributed by atoms with Crippen LogP contribution in [0.15, 0.2) is 11.6 Å². The second-order valence-electron chi connectivity index (χ2n) is 6.51. The number of hydrogen-bond donors (Lipinski definition) is 0. The van der Waals surface area contributed by atoms with Crippen molar-refractivity contribution in [1.29, 1.82) is 0 Å². The van der Waals surface area contributed by atoms with E-state index in [-0.39, 0.29) is 17.9 Å². The molecule has 1 amide bonds. The van der Waals surface area contributed by atoms with Crippen molar-refractivity contribution in [2.24, 2.45) is 0 Å². The summed E-state index contributed by atoms with van der Waals surface area (Å²) in [6.45, 7) is 9.75. The highest BCUT2D eigenvalue weighted by Crippen LogP contribution is 2.16. The van der Waals surface area contributed by atoms with Crippen LogP contribution in [0.2, 0.25) is 0 Å². The Labute approximate surface area is 135 Å². The minimum absolute atomic E-state index is 0.0348. The Balaban J connectivity index is 1.87. The number of carbonyl (C=O) groups is 2. The van der Waals surface area contributed by atoms with Crippen LogP contribution < -0.4 is 0 Å². The van der Waals surface area contributed by atoms with Gasteiger partial charge in [-0.3, -0.25) is 9.69 Å². The molecule has 0 spiro atoms. The Morgan fingerprint density at radius 1 is 1.41 bits per heavy atom. The molecule has 7 heteroatoms. The van der Waals surface area contributed by atoms with Gasteiger partial charge in [-0.15, -0.1) is 11.3 Å². The number of Topliss-reactive ketones (excluding diaryl/α,β-unsaturated/α-hetero) is 1. The predicted octanol–water partition coefficient (Wildman–Crippen LogP) is 2.27. The molecule has 1 atom stereocenters. The SMILES string of the molecule is CC1CN(C(=O)OC(C)(C)C)CCN1CC(=O)c1nccs1. The maximum atomic E-state index is 12.1. The number of amides is 1. The Morgan fingerprint density at radius 3 is 2.68 bits per heavy atom. The van der Waals surface area contributed by atoms with Gasteiger partial charge < -0.3 is 9.64 Å². The molecule has 2 rings (SSSR count). The number of piperazine rings is 1. The molecule has 6 nitrogen and oxygen atoms in total. The van der Waals surface area contributed by atoms with Gasteiger partial charge in [-0.25, -0.2) is 9.78 Å². The first-order valence-electron chi connectivity index (χ1n) is 7.41. The number of nitrogens with zero attached hydrogens (tertiary/aromatic N) is 3. The van der Waals surface area contributed by atoms with Gasteiger partial charge in [-0.05, 0) is 27.7 Å². The van der Waals surface area contributed by atoms with Gasteiger partial charge in [0.1, 0.15) is 5.60 Å². The predicted molar refractivity (Wildman–Crippen MR) is 85.3 cm³/mol. The van der Waals surface area contributed by atoms with E-state index in [1.54, 1.807) is 16.5 Å². The first-order chi connectivity index (χ1) is 10.3. The zero-order chi connectivity index (χ0) is 16.3. The van der Waals surface area contributed by atoms with E-state index in [0.29, 0.717) is 31.2 Å². The van der Waals surface area contributed by atoms with Crippen LogP contribution in [-0.4, -0.2) is 64.5 Å². The number of carbonyl (C=O) groups excluding carboxylic acids is 2. The molecule has 2 heterocycles. The van der Waals surface area contributed by atoms with Crippen molar-refractivity contribution in [3.63, 3.8) is 0 Å². The Morgan fingerprint density at radius 2 is 2.14 bits per heavy atom. The van der Waals surface area contributed by atoms with Crippen molar-refractivity contribution in [3.8, 4) is 0 Å². The average molecular weight is 325 g/mol. The molecule has 1 fully saturated rings. The molecule has 0 aromatic carbocycles. The Hall–Kier alpha value is -1.47. The molecule has 1 aromatic heterocycles. The van der Waals surface area contributed by atoms with E-state index < -0.39 is 5.60 Å². The summed E-state index contributed by atoms with van der Waals surface area (Å²) >= 11 is 1.36. The molecule has 22 heavy (non-hydrogen) atoms. The van der Waals surface area contributed by atoms with Crippen molar-refractivity contribution in [2.75, 3.05) is 26.2 Å². The fourth-order valence-corrected chi connectivity index (χ4v) is 2.90. The van der Waals surface area contributed by atoms with Crippen molar-refractivity contribution in [1.82, 2.24) is 14.8 Å². The van der Waals surface area contributed by atoms with Crippen LogP contribution in [0, 0.1) is 0 Å². The average Bonchev–Trinajstić information content (AvgIpc) is 2.93. The topological polar surface area (TPSA) is 62.7 Å². The summed E-state index contributed by atoms with van der Waals surface area (Å²) in [7, 11) is 0. The summed E-state index contributed by atoms with van der Waals surface area (Å²) in [5.74, 6) is 0.0348. The lowest BCUT2D eigenvalue weighted by molar-refractivity contribution is 0.00658. The van der Waals surface area contributed by atoms with Gasteiger partial charge in [0.25, 0.3) is 0 Å². The number of ether oxygens (including phenoxy) is 1. The number of ketones is 1. The van der Waals surface area contributed by atoms with E-state index in [1.165, 1.54) is 11.3 Å². The van der Waals surface area contributed by atoms with E-state index in [2.05, 4.69) is 9.88 Å². The molecule has 0 bridgehead atoms. The van der Waals surface area contributed by atoms with Crippen molar-refractivity contribution in [3.05, 3.63) is 16.6 Å². The van der Waals surface area contributed by atoms with Crippen LogP contribution in [0.1, 0.15) is 37.5 Å². The third kappa shape index (κ3) is 4.51. The molecular weight excluding hydrogens is 302 g/mol. The van der Waals surface area contributed by atoms with Gasteiger partial charge >= 0.3 is 6.09 Å². The van der Waals surface area contributed by atoms with Crippen LogP contribution in [0.5, 0.6) is 0 Å². The molecule has 0 saturated carbocycles. The highest BCUT2D eigenvalue weighted by molar-refractivity contribution is 7.11. The van der Waals surface area contributed by atoms with Crippen molar-refractivity contribution in [2.45, 2.75) is 39.3 Å². The standard InChI is InChI=1S/C15H23N3O3S/c1-11-9-18(14(20)21-15(2,3)4)7-6-17(11)10-12(19)13-16-5-8-22-13/h5,8,11H,6-7,9-10H2,1-4H3. The van der Waals surface area contributed by atoms with Crippen LogP contribution >= 0.6 is 11.3 Å². The molecule has 0 N–H and O–H groups in total. The molecule has 0 aliphatic carbocycles. The van der Waals surface area contributed by atoms with Crippen molar-refractivity contribution < 1.29 is 14.3 Å². The van der Waals surface area contributed by atoms with E-state index >= 15 is 0 Å². The fourth-order valence-electron chi connectivity index (χ4n) is 2.34. The minimum atomic E-state index is -0.488. The van der Waals surface area contributed by atoms with Crippen molar-refractivity contribution >= 4 is 23.2 Å². The molecule has 1 saturated heterocycles. The molecule has 122 valence electrons. The third-order valence-corrected chi connectivity index (χ3v) is 4.25. The number of hydrogen-bond acceptors (Lipinski definition) is 6. The second kappa shape index (κ2) is 6.75. The second-order valence-corrected chi connectivity index (χ2v) is 7.40. The molecular formula is C15H23N3O3S. The maximum absolute atomic E-state index is 12.1. The first kappa shape index (κ1) is 16.9. The van der Waals surface area contributed by atoms with E-state index in [0.717, 1.165) is 0 Å². The van der Waals surface area contributed by atoms with Gasteiger partial charge in [0, 0.05) is 37.3 Å². The van der Waals surface area contributed by atoms with Gasteiger partial charge in [-0.1, -0.05) is 0 Å². The largest absolute Gasteiger partial charge is 0.444 e. The molecule has 1 aliphatic rings. The fraction of sp³-hybridized carbons (Fsp3) is 0.667. The van der Waals surface area contributed by atoms with Gasteiger partial charge in [0.15, 0.2) is 5.01 Å². The minimum Gasteiger partial charge on any atom is -0.444 e. The summed E-state index contributed by atoms with van der Waals surface area (Å²) < 4.78 is 5.39. The smallest absolute Gasteiger partial charge is 0.410 e. The highest BCUT2D eigenvalue weighted by Gasteiger charge is 2.30. The summed E-state index contributed by atoms with van der Waals surface area (Å²) in [4.78, 5) is 32.1. The number of rotatable bonds is 3. The summed E-state index contributed by atoms with van der Waals surface area (Å²) in [5, 5.41) is 2.35. The molecule has 1 aliphatic heterocycles. The van der Waals surface area contributed by atoms with Crippen LogP contribution in [0.25, 0.3) is 0 Å². The number of thiazole rings is 1. The van der Waals surface area contributed by atoms with E-state index in [9.17, 15) is 9.59 Å². The summed E-state index contributed by atoms with van der Waals surface area (Å²) in [6.07, 6.45) is 1.35. The lowest BCUT2D eigenvalue weighted by Crippen LogP contribution is -2.55. The lowest BCUT2D eigenvalue weighted by Gasteiger charge is -2.39.